The molecule has 0 aliphatic heterocycles. The van der Waals surface area contributed by atoms with E-state index in [0.29, 0.717) is 0 Å². The van der Waals surface area contributed by atoms with Gasteiger partial charge in [-0.2, -0.15) is 0 Å². The van der Waals surface area contributed by atoms with Crippen LogP contribution in [0.1, 0.15) is 0 Å². The van der Waals surface area contributed by atoms with Crippen LogP contribution < -0.4 is 4.90 Å². The smallest absolute Gasteiger partial charge is 0.143 e. The van der Waals surface area contributed by atoms with Gasteiger partial charge in [0.1, 0.15) is 22.3 Å². The summed E-state index contributed by atoms with van der Waals surface area (Å²) < 4.78 is 12.7. The monoisotopic (exact) mass is 779 g/mol. The van der Waals surface area contributed by atoms with Gasteiger partial charge in [0, 0.05) is 44.0 Å². The Morgan fingerprint density at radius 3 is 1.64 bits per heavy atom. The zero-order chi connectivity index (χ0) is 40.3. The van der Waals surface area contributed by atoms with Crippen molar-refractivity contribution in [3.05, 3.63) is 224 Å². The Balaban J connectivity index is 0.966. The first-order valence-corrected chi connectivity index (χ1v) is 20.7. The Kier molecular flexibility index (Phi) is 8.17. The van der Waals surface area contributed by atoms with E-state index in [1.165, 1.54) is 27.6 Å². The highest BCUT2D eigenvalue weighted by Gasteiger charge is 2.18. The van der Waals surface area contributed by atoms with Crippen molar-refractivity contribution in [1.29, 1.82) is 0 Å². The highest BCUT2D eigenvalue weighted by atomic mass is 16.3. The van der Waals surface area contributed by atoms with Crippen molar-refractivity contribution in [1.82, 2.24) is 0 Å². The lowest BCUT2D eigenvalue weighted by molar-refractivity contribution is 0.669. The van der Waals surface area contributed by atoms with Crippen LogP contribution >= 0.6 is 0 Å². The van der Waals surface area contributed by atoms with Crippen LogP contribution in [0, 0.1) is 0 Å². The van der Waals surface area contributed by atoms with Crippen LogP contribution in [0.3, 0.4) is 0 Å². The fourth-order valence-electron chi connectivity index (χ4n) is 9.07. The number of anilines is 3. The highest BCUT2D eigenvalue weighted by Crippen LogP contribution is 2.43. The summed E-state index contributed by atoms with van der Waals surface area (Å²) in [6.45, 7) is 0. The van der Waals surface area contributed by atoms with E-state index in [1.54, 1.807) is 0 Å². The first-order valence-electron chi connectivity index (χ1n) is 20.7. The average molecular weight is 780 g/mol. The summed E-state index contributed by atoms with van der Waals surface area (Å²) in [6, 6.07) is 80.0. The SMILES string of the molecule is c1ccc(-c2cccc(-c3ccc(N(c4ccc(-c5ccc6oc7ccccc7c6c5)cc4)c4cccc(-c5cccc6oc7c8ccccc8ccc7c56)c4)cc3)c2)cc1. The highest BCUT2D eigenvalue weighted by molar-refractivity contribution is 6.19. The largest absolute Gasteiger partial charge is 0.456 e. The summed E-state index contributed by atoms with van der Waals surface area (Å²) in [6.07, 6.45) is 0. The van der Waals surface area contributed by atoms with Gasteiger partial charge >= 0.3 is 0 Å². The topological polar surface area (TPSA) is 29.5 Å². The molecule has 0 N–H and O–H groups in total. The van der Waals surface area contributed by atoms with Crippen LogP contribution in [0.4, 0.5) is 17.1 Å². The third kappa shape index (κ3) is 6.06. The number of hydrogen-bond donors (Lipinski definition) is 0. The molecular weight excluding hydrogens is 743 g/mol. The molecule has 12 aromatic rings. The van der Waals surface area contributed by atoms with Gasteiger partial charge in [-0.1, -0.05) is 152 Å². The van der Waals surface area contributed by atoms with E-state index in [1.807, 2.05) is 12.1 Å². The number of furan rings is 2. The molecule has 0 fully saturated rings. The van der Waals surface area contributed by atoms with E-state index >= 15 is 0 Å². The molecule has 286 valence electrons. The van der Waals surface area contributed by atoms with Crippen molar-refractivity contribution in [2.75, 3.05) is 4.90 Å². The summed E-state index contributed by atoms with van der Waals surface area (Å²) in [5.41, 5.74) is 16.1. The maximum absolute atomic E-state index is 6.60. The lowest BCUT2D eigenvalue weighted by Gasteiger charge is -2.26. The molecule has 0 aliphatic rings. The molecule has 0 spiro atoms. The van der Waals surface area contributed by atoms with E-state index in [2.05, 4.69) is 217 Å². The van der Waals surface area contributed by atoms with Crippen molar-refractivity contribution < 1.29 is 8.83 Å². The molecule has 2 aromatic heterocycles. The second-order valence-electron chi connectivity index (χ2n) is 15.7. The second kappa shape index (κ2) is 14.3. The van der Waals surface area contributed by atoms with Crippen molar-refractivity contribution in [2.45, 2.75) is 0 Å². The zero-order valence-electron chi connectivity index (χ0n) is 33.1. The van der Waals surface area contributed by atoms with Gasteiger partial charge in [0.2, 0.25) is 0 Å². The third-order valence-corrected chi connectivity index (χ3v) is 12.1. The summed E-state index contributed by atoms with van der Waals surface area (Å²) >= 11 is 0. The van der Waals surface area contributed by atoms with Gasteiger partial charge in [-0.15, -0.1) is 0 Å². The van der Waals surface area contributed by atoms with E-state index < -0.39 is 0 Å². The van der Waals surface area contributed by atoms with E-state index in [4.69, 9.17) is 8.83 Å². The number of hydrogen-bond acceptors (Lipinski definition) is 3. The van der Waals surface area contributed by atoms with Crippen molar-refractivity contribution in [2.24, 2.45) is 0 Å². The first kappa shape index (κ1) is 34.9. The molecule has 3 nitrogen and oxygen atoms in total. The van der Waals surface area contributed by atoms with Crippen LogP contribution in [0.15, 0.2) is 233 Å². The van der Waals surface area contributed by atoms with Gasteiger partial charge in [0.15, 0.2) is 0 Å². The minimum Gasteiger partial charge on any atom is -0.456 e. The van der Waals surface area contributed by atoms with E-state index in [-0.39, 0.29) is 0 Å². The van der Waals surface area contributed by atoms with Gasteiger partial charge in [0.05, 0.1) is 0 Å². The lowest BCUT2D eigenvalue weighted by Crippen LogP contribution is -2.10. The first-order chi connectivity index (χ1) is 30.2. The Morgan fingerprint density at radius 1 is 0.279 bits per heavy atom. The normalized spacial score (nSPS) is 11.6. The molecule has 0 saturated heterocycles. The molecule has 2 heterocycles. The fraction of sp³-hybridized carbons (Fsp3) is 0. The van der Waals surface area contributed by atoms with Gasteiger partial charge < -0.3 is 13.7 Å². The molecule has 0 radical (unpaired) electrons. The average Bonchev–Trinajstić information content (AvgIpc) is 3.91. The maximum Gasteiger partial charge on any atom is 0.143 e. The van der Waals surface area contributed by atoms with Crippen molar-refractivity contribution >= 4 is 71.7 Å². The Bertz CT molecular complexity index is 3580. The second-order valence-corrected chi connectivity index (χ2v) is 15.7. The number of para-hydroxylation sites is 1. The number of rotatable bonds is 7. The van der Waals surface area contributed by atoms with Gasteiger partial charge in [0.25, 0.3) is 0 Å². The van der Waals surface area contributed by atoms with Crippen LogP contribution in [0.2, 0.25) is 0 Å². The van der Waals surface area contributed by atoms with Crippen LogP contribution in [0.5, 0.6) is 0 Å². The number of nitrogens with zero attached hydrogens (tertiary/aromatic N) is 1. The predicted octanol–water partition coefficient (Wildman–Crippen LogP) is 16.8. The molecule has 0 saturated carbocycles. The summed E-state index contributed by atoms with van der Waals surface area (Å²) in [7, 11) is 0. The Hall–Kier alpha value is -8.14. The molecule has 12 rings (SSSR count). The fourth-order valence-corrected chi connectivity index (χ4v) is 9.07. The minimum absolute atomic E-state index is 0.884. The maximum atomic E-state index is 6.60. The predicted molar refractivity (Wildman–Crippen MR) is 255 cm³/mol. The molecule has 0 aliphatic carbocycles. The molecule has 0 bridgehead atoms. The van der Waals surface area contributed by atoms with Crippen LogP contribution in [0.25, 0.3) is 99.2 Å². The van der Waals surface area contributed by atoms with Crippen molar-refractivity contribution in [3.63, 3.8) is 0 Å². The Labute approximate surface area is 353 Å². The van der Waals surface area contributed by atoms with Crippen molar-refractivity contribution in [3.8, 4) is 44.5 Å². The van der Waals surface area contributed by atoms with E-state index in [9.17, 15) is 0 Å². The van der Waals surface area contributed by atoms with Gasteiger partial charge in [-0.3, -0.25) is 0 Å². The molecule has 0 atom stereocenters. The summed E-state index contributed by atoms with van der Waals surface area (Å²) in [4.78, 5) is 2.35. The Morgan fingerprint density at radius 2 is 0.852 bits per heavy atom. The molecule has 61 heavy (non-hydrogen) atoms. The van der Waals surface area contributed by atoms with Crippen LogP contribution in [-0.4, -0.2) is 0 Å². The van der Waals surface area contributed by atoms with Gasteiger partial charge in [-0.05, 0) is 123 Å². The molecule has 0 unspecified atom stereocenters. The molecule has 3 heteroatoms. The minimum atomic E-state index is 0.884. The summed E-state index contributed by atoms with van der Waals surface area (Å²) in [5.74, 6) is 0. The number of fused-ring (bicyclic) bond motifs is 8. The number of benzene rings is 10. The third-order valence-electron chi connectivity index (χ3n) is 12.1. The lowest BCUT2D eigenvalue weighted by atomic mass is 9.97. The quantitative estimate of drug-likeness (QED) is 0.161. The van der Waals surface area contributed by atoms with E-state index in [0.717, 1.165) is 88.6 Å². The molecule has 0 amide bonds. The van der Waals surface area contributed by atoms with Gasteiger partial charge in [-0.25, -0.2) is 0 Å². The zero-order valence-corrected chi connectivity index (χ0v) is 33.1. The summed E-state index contributed by atoms with van der Waals surface area (Å²) in [5, 5.41) is 6.79. The van der Waals surface area contributed by atoms with Crippen LogP contribution in [-0.2, 0) is 0 Å². The standard InChI is InChI=1S/C58H37NO2/c1-2-11-38(12-3-1)42-14-8-15-43(35-42)39-23-29-46(30-24-39)59(47-31-25-40(26-32-47)44-28-34-55-53(37-44)51-19-6-7-21-54(51)60-55)48-17-9-16-45(36-48)49-20-10-22-56-57(49)52-33-27-41-13-4-5-18-50(41)58(52)61-56/h1-37H. The molecular formula is C58H37NO2. The molecule has 10 aromatic carbocycles.